The van der Waals surface area contributed by atoms with Crippen molar-refractivity contribution < 1.29 is 14.3 Å². The molecule has 0 saturated carbocycles. The van der Waals surface area contributed by atoms with E-state index in [-0.39, 0.29) is 0 Å². The van der Waals surface area contributed by atoms with Crippen LogP contribution in [0.25, 0.3) is 10.8 Å². The van der Waals surface area contributed by atoms with Gasteiger partial charge in [0.1, 0.15) is 6.29 Å². The SMILES string of the molecule is COc1cc2cc(C)c(C=O)cc2cc1OC. The molecule has 0 bridgehead atoms. The number of aryl methyl sites for hydroxylation is 1. The van der Waals surface area contributed by atoms with Crippen LogP contribution in [0.1, 0.15) is 15.9 Å². The van der Waals surface area contributed by atoms with Crippen molar-refractivity contribution in [2.75, 3.05) is 14.2 Å². The first-order valence-corrected chi connectivity index (χ1v) is 5.31. The predicted molar refractivity (Wildman–Crippen MR) is 67.2 cm³/mol. The van der Waals surface area contributed by atoms with Crippen LogP contribution in [0.3, 0.4) is 0 Å². The molecule has 3 nitrogen and oxygen atoms in total. The Hall–Kier alpha value is -2.03. The Kier molecular flexibility index (Phi) is 3.00. The maximum absolute atomic E-state index is 10.9. The molecule has 0 aliphatic carbocycles. The van der Waals surface area contributed by atoms with Crippen molar-refractivity contribution in [1.82, 2.24) is 0 Å². The van der Waals surface area contributed by atoms with Crippen molar-refractivity contribution >= 4 is 17.1 Å². The second-order valence-corrected chi connectivity index (χ2v) is 3.88. The summed E-state index contributed by atoms with van der Waals surface area (Å²) in [7, 11) is 3.20. The van der Waals surface area contributed by atoms with Gasteiger partial charge >= 0.3 is 0 Å². The Morgan fingerprint density at radius 2 is 1.47 bits per heavy atom. The van der Waals surface area contributed by atoms with E-state index in [9.17, 15) is 4.79 Å². The van der Waals surface area contributed by atoms with Crippen molar-refractivity contribution in [3.05, 3.63) is 35.4 Å². The number of hydrogen-bond acceptors (Lipinski definition) is 3. The van der Waals surface area contributed by atoms with Crippen LogP contribution in [-0.4, -0.2) is 20.5 Å². The molecule has 0 atom stereocenters. The normalized spacial score (nSPS) is 10.3. The third-order valence-corrected chi connectivity index (χ3v) is 2.85. The number of aldehydes is 1. The van der Waals surface area contributed by atoms with Crippen LogP contribution >= 0.6 is 0 Å². The smallest absolute Gasteiger partial charge is 0.161 e. The van der Waals surface area contributed by atoms with Gasteiger partial charge in [-0.15, -0.1) is 0 Å². The fourth-order valence-corrected chi connectivity index (χ4v) is 1.89. The zero-order chi connectivity index (χ0) is 12.4. The Morgan fingerprint density at radius 3 is 1.94 bits per heavy atom. The highest BCUT2D eigenvalue weighted by molar-refractivity contribution is 5.92. The van der Waals surface area contributed by atoms with Gasteiger partial charge in [-0.2, -0.15) is 0 Å². The fraction of sp³-hybridized carbons (Fsp3) is 0.214. The monoisotopic (exact) mass is 230 g/mol. The van der Waals surface area contributed by atoms with Gasteiger partial charge in [0.15, 0.2) is 11.5 Å². The lowest BCUT2D eigenvalue weighted by atomic mass is 10.0. The van der Waals surface area contributed by atoms with Crippen LogP contribution in [0, 0.1) is 6.92 Å². The molecule has 0 spiro atoms. The molecule has 0 fully saturated rings. The van der Waals surface area contributed by atoms with Crippen molar-refractivity contribution in [1.29, 1.82) is 0 Å². The summed E-state index contributed by atoms with van der Waals surface area (Å²) in [5.74, 6) is 1.36. The number of fused-ring (bicyclic) bond motifs is 1. The van der Waals surface area contributed by atoms with Crippen LogP contribution in [0.15, 0.2) is 24.3 Å². The number of carbonyl (C=O) groups excluding carboxylic acids is 1. The molecule has 0 radical (unpaired) electrons. The van der Waals surface area contributed by atoms with Crippen molar-refractivity contribution in [3.63, 3.8) is 0 Å². The van der Waals surface area contributed by atoms with Gasteiger partial charge in [-0.3, -0.25) is 4.79 Å². The first kappa shape index (κ1) is 11.5. The summed E-state index contributed by atoms with van der Waals surface area (Å²) in [6, 6.07) is 7.62. The Labute approximate surface area is 100.0 Å². The second kappa shape index (κ2) is 4.45. The van der Waals surface area contributed by atoms with E-state index < -0.39 is 0 Å². The molecule has 17 heavy (non-hydrogen) atoms. The molecule has 0 saturated heterocycles. The highest BCUT2D eigenvalue weighted by atomic mass is 16.5. The van der Waals surface area contributed by atoms with E-state index in [2.05, 4.69) is 0 Å². The second-order valence-electron chi connectivity index (χ2n) is 3.88. The minimum atomic E-state index is 0.667. The largest absolute Gasteiger partial charge is 0.493 e. The van der Waals surface area contributed by atoms with Gasteiger partial charge in [0, 0.05) is 5.56 Å². The number of hydrogen-bond donors (Lipinski definition) is 0. The van der Waals surface area contributed by atoms with Crippen molar-refractivity contribution in [2.24, 2.45) is 0 Å². The topological polar surface area (TPSA) is 35.5 Å². The van der Waals surface area contributed by atoms with E-state index in [0.29, 0.717) is 17.1 Å². The maximum atomic E-state index is 10.9. The predicted octanol–water partition coefficient (Wildman–Crippen LogP) is 2.98. The summed E-state index contributed by atoms with van der Waals surface area (Å²) in [5.41, 5.74) is 1.66. The fourth-order valence-electron chi connectivity index (χ4n) is 1.89. The number of benzene rings is 2. The van der Waals surface area contributed by atoms with E-state index in [1.165, 1.54) is 0 Å². The average molecular weight is 230 g/mol. The van der Waals surface area contributed by atoms with Gasteiger partial charge in [0.05, 0.1) is 14.2 Å². The summed E-state index contributed by atoms with van der Waals surface area (Å²) in [5, 5.41) is 2.00. The zero-order valence-electron chi connectivity index (χ0n) is 10.1. The van der Waals surface area contributed by atoms with Crippen LogP contribution < -0.4 is 9.47 Å². The molecular weight excluding hydrogens is 216 g/mol. The van der Waals surface area contributed by atoms with Crippen molar-refractivity contribution in [2.45, 2.75) is 6.92 Å². The van der Waals surface area contributed by atoms with Gasteiger partial charge in [0.2, 0.25) is 0 Å². The third kappa shape index (κ3) is 1.96. The molecule has 0 heterocycles. The van der Waals surface area contributed by atoms with E-state index in [4.69, 9.17) is 9.47 Å². The van der Waals surface area contributed by atoms with E-state index >= 15 is 0 Å². The number of ether oxygens (including phenoxy) is 2. The van der Waals surface area contributed by atoms with E-state index in [1.807, 2.05) is 31.2 Å². The van der Waals surface area contributed by atoms with Gasteiger partial charge in [0.25, 0.3) is 0 Å². The number of methoxy groups -OCH3 is 2. The van der Waals surface area contributed by atoms with Crippen LogP contribution in [0.2, 0.25) is 0 Å². The molecule has 0 aliphatic heterocycles. The number of rotatable bonds is 3. The molecule has 0 unspecified atom stereocenters. The Morgan fingerprint density at radius 1 is 0.941 bits per heavy atom. The van der Waals surface area contributed by atoms with E-state index in [0.717, 1.165) is 22.6 Å². The molecule has 0 aromatic heterocycles. The molecule has 2 rings (SSSR count). The highest BCUT2D eigenvalue weighted by Crippen LogP contribution is 2.33. The van der Waals surface area contributed by atoms with Gasteiger partial charge in [-0.25, -0.2) is 0 Å². The number of carbonyl (C=O) groups is 1. The van der Waals surface area contributed by atoms with Gasteiger partial charge in [-0.1, -0.05) is 6.07 Å². The lowest BCUT2D eigenvalue weighted by Gasteiger charge is -2.10. The zero-order valence-corrected chi connectivity index (χ0v) is 10.1. The lowest BCUT2D eigenvalue weighted by Crippen LogP contribution is -1.92. The first-order valence-electron chi connectivity index (χ1n) is 5.31. The summed E-state index contributed by atoms with van der Waals surface area (Å²) < 4.78 is 10.5. The quantitative estimate of drug-likeness (QED) is 0.760. The average Bonchev–Trinajstić information content (AvgIpc) is 2.36. The summed E-state index contributed by atoms with van der Waals surface area (Å²) in [6.07, 6.45) is 0.867. The van der Waals surface area contributed by atoms with Crippen LogP contribution in [0.5, 0.6) is 11.5 Å². The van der Waals surface area contributed by atoms with E-state index in [1.54, 1.807) is 14.2 Å². The Bertz CT molecular complexity index is 573. The minimum absolute atomic E-state index is 0.667. The maximum Gasteiger partial charge on any atom is 0.161 e. The molecule has 88 valence electrons. The molecule has 3 heteroatoms. The molecule has 0 aliphatic rings. The third-order valence-electron chi connectivity index (χ3n) is 2.85. The molecule has 0 N–H and O–H groups in total. The van der Waals surface area contributed by atoms with Crippen LogP contribution in [-0.2, 0) is 0 Å². The molecule has 2 aromatic rings. The molecule has 0 amide bonds. The first-order chi connectivity index (χ1) is 8.19. The molecule has 2 aromatic carbocycles. The van der Waals surface area contributed by atoms with Gasteiger partial charge in [-0.05, 0) is 41.5 Å². The molecular formula is C14H14O3. The lowest BCUT2D eigenvalue weighted by molar-refractivity contribution is 0.112. The van der Waals surface area contributed by atoms with Gasteiger partial charge < -0.3 is 9.47 Å². The van der Waals surface area contributed by atoms with Crippen molar-refractivity contribution in [3.8, 4) is 11.5 Å². The summed E-state index contributed by atoms with van der Waals surface area (Å²) in [4.78, 5) is 10.9. The minimum Gasteiger partial charge on any atom is -0.493 e. The Balaban J connectivity index is 2.74. The standard InChI is InChI=1S/C14H14O3/c1-9-4-10-6-13(16-2)14(17-3)7-11(10)5-12(9)8-15/h4-8H,1-3H3. The summed E-state index contributed by atoms with van der Waals surface area (Å²) >= 11 is 0. The van der Waals surface area contributed by atoms with Crippen LogP contribution in [0.4, 0.5) is 0 Å². The highest BCUT2D eigenvalue weighted by Gasteiger charge is 2.07. The summed E-state index contributed by atoms with van der Waals surface area (Å²) in [6.45, 7) is 1.92.